The van der Waals surface area contributed by atoms with Crippen LogP contribution in [0.15, 0.2) is 35.3 Å². The van der Waals surface area contributed by atoms with E-state index in [2.05, 4.69) is 20.6 Å². The number of carbonyl (C=O) groups excluding carboxylic acids is 1. The normalized spacial score (nSPS) is 14.3. The number of rotatable bonds is 7. The van der Waals surface area contributed by atoms with Crippen LogP contribution in [0.1, 0.15) is 19.8 Å². The van der Waals surface area contributed by atoms with E-state index >= 15 is 0 Å². The van der Waals surface area contributed by atoms with Crippen LogP contribution in [-0.4, -0.2) is 53.4 Å². The number of anilines is 3. The standard InChI is InChI=1S/C23H26ClFN6O3/c1-3-31-18-5-4-16(10-14(18)11-19(22(31)33)34-13-20(32)26-2)28-21-17(24)12-27-23(29-21)30-8-6-15(25)7-9-30/h4-5,10-12,15H,3,6-9,13H2,1-2H3,(H,26,32)(H,27,28,29). The van der Waals surface area contributed by atoms with Gasteiger partial charge in [0, 0.05) is 37.8 Å². The number of nitrogens with one attached hydrogen (secondary N) is 2. The third-order valence-electron chi connectivity index (χ3n) is 5.72. The summed E-state index contributed by atoms with van der Waals surface area (Å²) in [6.45, 7) is 3.15. The molecule has 2 N–H and O–H groups in total. The summed E-state index contributed by atoms with van der Waals surface area (Å²) in [5.74, 6) is 0.675. The maximum absolute atomic E-state index is 13.5. The zero-order chi connectivity index (χ0) is 24.2. The van der Waals surface area contributed by atoms with Gasteiger partial charge in [0.25, 0.3) is 11.5 Å². The highest BCUT2D eigenvalue weighted by Gasteiger charge is 2.21. The largest absolute Gasteiger partial charge is 0.478 e. The predicted molar refractivity (Wildman–Crippen MR) is 130 cm³/mol. The number of benzene rings is 1. The Morgan fingerprint density at radius 1 is 1.29 bits per heavy atom. The quantitative estimate of drug-likeness (QED) is 0.526. The number of likely N-dealkylation sites (N-methyl/N-ethyl adjacent to an activating group) is 1. The van der Waals surface area contributed by atoms with Crippen LogP contribution in [0, 0.1) is 0 Å². The van der Waals surface area contributed by atoms with Crippen LogP contribution in [0.5, 0.6) is 5.75 Å². The second-order valence-electron chi connectivity index (χ2n) is 7.95. The van der Waals surface area contributed by atoms with Crippen molar-refractivity contribution in [3.8, 4) is 5.75 Å². The molecule has 0 spiro atoms. The summed E-state index contributed by atoms with van der Waals surface area (Å²) < 4.78 is 20.5. The van der Waals surface area contributed by atoms with Crippen molar-refractivity contribution >= 4 is 45.9 Å². The van der Waals surface area contributed by atoms with Gasteiger partial charge in [0.05, 0.1) is 11.7 Å². The van der Waals surface area contributed by atoms with Crippen LogP contribution in [0.3, 0.4) is 0 Å². The third kappa shape index (κ3) is 5.06. The molecule has 9 nitrogen and oxygen atoms in total. The molecule has 0 unspecified atom stereocenters. The summed E-state index contributed by atoms with van der Waals surface area (Å²) in [6, 6.07) is 7.12. The van der Waals surface area contributed by atoms with Crippen LogP contribution in [0.25, 0.3) is 10.9 Å². The van der Waals surface area contributed by atoms with E-state index in [1.807, 2.05) is 30.0 Å². The first-order chi connectivity index (χ1) is 16.4. The van der Waals surface area contributed by atoms with Crippen molar-refractivity contribution in [2.75, 3.05) is 37.0 Å². The van der Waals surface area contributed by atoms with Crippen molar-refractivity contribution in [2.24, 2.45) is 0 Å². The molecule has 0 saturated carbocycles. The molecule has 0 radical (unpaired) electrons. The molecule has 1 aliphatic heterocycles. The van der Waals surface area contributed by atoms with Crippen molar-refractivity contribution in [1.29, 1.82) is 0 Å². The molecule has 4 rings (SSSR count). The summed E-state index contributed by atoms with van der Waals surface area (Å²) in [5.41, 5.74) is 1.12. The number of amides is 1. The number of pyridine rings is 1. The van der Waals surface area contributed by atoms with E-state index in [9.17, 15) is 14.0 Å². The zero-order valence-corrected chi connectivity index (χ0v) is 19.7. The van der Waals surface area contributed by atoms with Crippen molar-refractivity contribution in [3.63, 3.8) is 0 Å². The van der Waals surface area contributed by atoms with Crippen molar-refractivity contribution in [2.45, 2.75) is 32.5 Å². The molecule has 0 aliphatic carbocycles. The molecule has 3 heterocycles. The molecule has 1 saturated heterocycles. The predicted octanol–water partition coefficient (Wildman–Crippen LogP) is 3.27. The first-order valence-electron chi connectivity index (χ1n) is 11.1. The maximum atomic E-state index is 13.5. The average Bonchev–Trinajstić information content (AvgIpc) is 2.84. The lowest BCUT2D eigenvalue weighted by Gasteiger charge is -2.28. The monoisotopic (exact) mass is 488 g/mol. The lowest BCUT2D eigenvalue weighted by atomic mass is 10.1. The Labute approximate surface area is 200 Å². The molecular formula is C23H26ClFN6O3. The van der Waals surface area contributed by atoms with Gasteiger partial charge in [-0.05, 0) is 44.0 Å². The van der Waals surface area contributed by atoms with E-state index in [-0.39, 0.29) is 23.8 Å². The summed E-state index contributed by atoms with van der Waals surface area (Å²) in [5, 5.41) is 6.76. The van der Waals surface area contributed by atoms with Crippen LogP contribution in [-0.2, 0) is 11.3 Å². The van der Waals surface area contributed by atoms with Gasteiger partial charge in [0.2, 0.25) is 5.95 Å². The van der Waals surface area contributed by atoms with Gasteiger partial charge in [-0.3, -0.25) is 9.59 Å². The van der Waals surface area contributed by atoms with E-state index in [1.54, 1.807) is 10.6 Å². The highest BCUT2D eigenvalue weighted by atomic mass is 35.5. The van der Waals surface area contributed by atoms with Crippen LogP contribution < -0.4 is 25.8 Å². The Morgan fingerprint density at radius 2 is 2.06 bits per heavy atom. The van der Waals surface area contributed by atoms with Crippen LogP contribution in [0.4, 0.5) is 21.8 Å². The number of piperidine rings is 1. The molecule has 1 amide bonds. The lowest BCUT2D eigenvalue weighted by Crippen LogP contribution is -2.35. The average molecular weight is 489 g/mol. The van der Waals surface area contributed by atoms with Gasteiger partial charge < -0.3 is 24.8 Å². The second-order valence-corrected chi connectivity index (χ2v) is 8.35. The van der Waals surface area contributed by atoms with E-state index in [0.29, 0.717) is 55.0 Å². The van der Waals surface area contributed by atoms with Crippen molar-refractivity contribution in [3.05, 3.63) is 45.8 Å². The SMILES string of the molecule is CCn1c(=O)c(OCC(=O)NC)cc2cc(Nc3nc(N4CCC(F)CC4)ncc3Cl)ccc21. The fourth-order valence-electron chi connectivity index (χ4n) is 3.85. The summed E-state index contributed by atoms with van der Waals surface area (Å²) in [7, 11) is 1.50. The number of alkyl halides is 1. The molecular weight excluding hydrogens is 463 g/mol. The Hall–Kier alpha value is -3.40. The van der Waals surface area contributed by atoms with E-state index in [4.69, 9.17) is 16.3 Å². The number of halogens is 2. The Kier molecular flexibility index (Phi) is 7.16. The highest BCUT2D eigenvalue weighted by molar-refractivity contribution is 6.32. The minimum atomic E-state index is -0.788. The van der Waals surface area contributed by atoms with Crippen LogP contribution in [0.2, 0.25) is 5.02 Å². The third-order valence-corrected chi connectivity index (χ3v) is 5.99. The number of ether oxygens (including phenoxy) is 1. The van der Waals surface area contributed by atoms with E-state index < -0.39 is 6.17 Å². The number of hydrogen-bond acceptors (Lipinski definition) is 7. The minimum absolute atomic E-state index is 0.0914. The van der Waals surface area contributed by atoms with Crippen molar-refractivity contribution < 1.29 is 13.9 Å². The second kappa shape index (κ2) is 10.3. The Balaban J connectivity index is 1.63. The lowest BCUT2D eigenvalue weighted by molar-refractivity contribution is -0.122. The van der Waals surface area contributed by atoms with Gasteiger partial charge in [-0.2, -0.15) is 4.98 Å². The fourth-order valence-corrected chi connectivity index (χ4v) is 3.99. The maximum Gasteiger partial charge on any atom is 0.293 e. The minimum Gasteiger partial charge on any atom is -0.478 e. The molecule has 180 valence electrons. The zero-order valence-electron chi connectivity index (χ0n) is 19.0. The molecule has 1 fully saturated rings. The molecule has 0 bridgehead atoms. The number of fused-ring (bicyclic) bond motifs is 1. The molecule has 3 aromatic rings. The van der Waals surface area contributed by atoms with Gasteiger partial charge in [0.1, 0.15) is 11.2 Å². The first-order valence-corrected chi connectivity index (χ1v) is 11.5. The number of aromatic nitrogens is 3. The van der Waals surface area contributed by atoms with E-state index in [0.717, 1.165) is 10.9 Å². The Morgan fingerprint density at radius 3 is 2.76 bits per heavy atom. The summed E-state index contributed by atoms with van der Waals surface area (Å²) in [6.07, 6.45) is 1.63. The van der Waals surface area contributed by atoms with Gasteiger partial charge in [-0.1, -0.05) is 11.6 Å². The van der Waals surface area contributed by atoms with Crippen molar-refractivity contribution in [1.82, 2.24) is 19.9 Å². The summed E-state index contributed by atoms with van der Waals surface area (Å²) >= 11 is 6.34. The molecule has 1 aliphatic rings. The molecule has 2 aromatic heterocycles. The Bertz CT molecular complexity index is 1260. The topological polar surface area (TPSA) is 101 Å². The van der Waals surface area contributed by atoms with Gasteiger partial charge in [-0.15, -0.1) is 0 Å². The molecule has 1 aromatic carbocycles. The van der Waals surface area contributed by atoms with Gasteiger partial charge in [-0.25, -0.2) is 9.37 Å². The summed E-state index contributed by atoms with van der Waals surface area (Å²) in [4.78, 5) is 35.1. The number of aryl methyl sites for hydroxylation is 1. The number of hydrogen-bond donors (Lipinski definition) is 2. The van der Waals surface area contributed by atoms with Gasteiger partial charge >= 0.3 is 0 Å². The van der Waals surface area contributed by atoms with Gasteiger partial charge in [0.15, 0.2) is 18.2 Å². The first kappa shape index (κ1) is 23.7. The smallest absolute Gasteiger partial charge is 0.293 e. The van der Waals surface area contributed by atoms with E-state index in [1.165, 1.54) is 13.2 Å². The number of carbonyl (C=O) groups is 1. The molecule has 0 atom stereocenters. The fraction of sp³-hybridized carbons (Fsp3) is 0.391. The number of nitrogens with zero attached hydrogens (tertiary/aromatic N) is 4. The highest BCUT2D eigenvalue weighted by Crippen LogP contribution is 2.28. The van der Waals surface area contributed by atoms with Crippen LogP contribution >= 0.6 is 11.6 Å². The molecule has 11 heteroatoms. The molecule has 34 heavy (non-hydrogen) atoms.